The van der Waals surface area contributed by atoms with E-state index in [1.807, 2.05) is 31.2 Å². The van der Waals surface area contributed by atoms with Gasteiger partial charge in [-0.25, -0.2) is 4.79 Å². The second kappa shape index (κ2) is 6.58. The third kappa shape index (κ3) is 3.33. The van der Waals surface area contributed by atoms with Crippen LogP contribution in [0.3, 0.4) is 0 Å². The minimum absolute atomic E-state index is 0.00598. The molecule has 2 N–H and O–H groups in total. The molecule has 2 rings (SSSR count). The van der Waals surface area contributed by atoms with E-state index in [2.05, 4.69) is 5.32 Å². The highest BCUT2D eigenvalue weighted by molar-refractivity contribution is 5.80. The van der Waals surface area contributed by atoms with Crippen LogP contribution in [0.4, 0.5) is 0 Å². The summed E-state index contributed by atoms with van der Waals surface area (Å²) in [6.07, 6.45) is 0.647. The van der Waals surface area contributed by atoms with Crippen LogP contribution in [0.2, 0.25) is 0 Å². The lowest BCUT2D eigenvalue weighted by atomic mass is 10.1. The molecule has 0 saturated carbocycles. The van der Waals surface area contributed by atoms with Crippen LogP contribution in [-0.4, -0.2) is 33.3 Å². The molecule has 1 unspecified atom stereocenters. The number of aromatic nitrogens is 2. The molecular formula is C15H21N3O3. The van der Waals surface area contributed by atoms with Gasteiger partial charge in [0, 0.05) is 20.2 Å². The number of hydrogen-bond donors (Lipinski definition) is 2. The first-order valence-corrected chi connectivity index (χ1v) is 7.06. The standard InChI is InChI=1S/C15H21N3O3/c1-11(7-8-19)9-16-14(20)10-18-13-6-4-3-5-12(13)17(2)15(18)21/h3-6,11,19H,7-10H2,1-2H3,(H,16,20). The zero-order valence-electron chi connectivity index (χ0n) is 12.4. The Labute approximate surface area is 123 Å². The molecule has 0 spiro atoms. The van der Waals surface area contributed by atoms with Crippen LogP contribution < -0.4 is 11.0 Å². The van der Waals surface area contributed by atoms with Crippen molar-refractivity contribution in [1.29, 1.82) is 0 Å². The average Bonchev–Trinajstić information content (AvgIpc) is 2.71. The van der Waals surface area contributed by atoms with Gasteiger partial charge in [-0.05, 0) is 24.5 Å². The molecule has 0 aliphatic heterocycles. The molecular weight excluding hydrogens is 270 g/mol. The lowest BCUT2D eigenvalue weighted by Crippen LogP contribution is -2.35. The van der Waals surface area contributed by atoms with Crippen LogP contribution in [0.1, 0.15) is 13.3 Å². The van der Waals surface area contributed by atoms with Crippen molar-refractivity contribution in [2.75, 3.05) is 13.2 Å². The lowest BCUT2D eigenvalue weighted by molar-refractivity contribution is -0.121. The van der Waals surface area contributed by atoms with E-state index >= 15 is 0 Å². The summed E-state index contributed by atoms with van der Waals surface area (Å²) in [5, 5.41) is 11.6. The first-order chi connectivity index (χ1) is 10.0. The summed E-state index contributed by atoms with van der Waals surface area (Å²) in [7, 11) is 1.70. The van der Waals surface area contributed by atoms with Crippen molar-refractivity contribution in [3.63, 3.8) is 0 Å². The van der Waals surface area contributed by atoms with E-state index in [9.17, 15) is 9.59 Å². The minimum atomic E-state index is -0.199. The summed E-state index contributed by atoms with van der Waals surface area (Å²) in [5.74, 6) is 0.0152. The number of hydrogen-bond acceptors (Lipinski definition) is 3. The number of nitrogens with zero attached hydrogens (tertiary/aromatic N) is 2. The van der Waals surface area contributed by atoms with Gasteiger partial charge in [-0.1, -0.05) is 19.1 Å². The van der Waals surface area contributed by atoms with Crippen LogP contribution in [-0.2, 0) is 18.4 Å². The number of nitrogens with one attached hydrogen (secondary N) is 1. The Morgan fingerprint density at radius 3 is 2.67 bits per heavy atom. The molecule has 21 heavy (non-hydrogen) atoms. The number of fused-ring (bicyclic) bond motifs is 1. The van der Waals surface area contributed by atoms with E-state index in [1.165, 1.54) is 9.13 Å². The van der Waals surface area contributed by atoms with Crippen LogP contribution in [0, 0.1) is 5.92 Å². The van der Waals surface area contributed by atoms with Gasteiger partial charge in [0.1, 0.15) is 6.54 Å². The monoisotopic (exact) mass is 291 g/mol. The maximum Gasteiger partial charge on any atom is 0.329 e. The zero-order chi connectivity index (χ0) is 15.4. The Balaban J connectivity index is 2.11. The van der Waals surface area contributed by atoms with Crippen molar-refractivity contribution in [2.24, 2.45) is 13.0 Å². The van der Waals surface area contributed by atoms with Gasteiger partial charge >= 0.3 is 5.69 Å². The summed E-state index contributed by atoms with van der Waals surface area (Å²) in [5.41, 5.74) is 1.36. The molecule has 0 aliphatic carbocycles. The fraction of sp³-hybridized carbons (Fsp3) is 0.467. The van der Waals surface area contributed by atoms with E-state index in [0.29, 0.717) is 13.0 Å². The number of aryl methyl sites for hydroxylation is 1. The SMILES string of the molecule is CC(CCO)CNC(=O)Cn1c(=O)n(C)c2ccccc21. The van der Waals surface area contributed by atoms with Crippen molar-refractivity contribution >= 4 is 16.9 Å². The zero-order valence-corrected chi connectivity index (χ0v) is 12.4. The van der Waals surface area contributed by atoms with Gasteiger partial charge in [-0.3, -0.25) is 13.9 Å². The molecule has 6 heteroatoms. The molecule has 1 atom stereocenters. The van der Waals surface area contributed by atoms with Crippen molar-refractivity contribution in [2.45, 2.75) is 19.9 Å². The number of aliphatic hydroxyl groups is 1. The molecule has 1 amide bonds. The average molecular weight is 291 g/mol. The van der Waals surface area contributed by atoms with E-state index in [-0.39, 0.29) is 30.7 Å². The number of benzene rings is 1. The summed E-state index contributed by atoms with van der Waals surface area (Å²) < 4.78 is 3.01. The van der Waals surface area contributed by atoms with Crippen LogP contribution >= 0.6 is 0 Å². The summed E-state index contributed by atoms with van der Waals surface area (Å²) in [6.45, 7) is 2.57. The number of carbonyl (C=O) groups is 1. The largest absolute Gasteiger partial charge is 0.396 e. The predicted octanol–water partition coefficient (Wildman–Crippen LogP) is 0.475. The molecule has 1 aromatic carbocycles. The van der Waals surface area contributed by atoms with E-state index in [0.717, 1.165) is 11.0 Å². The fourth-order valence-electron chi connectivity index (χ4n) is 2.33. The number of carbonyl (C=O) groups excluding carboxylic acids is 1. The number of imidazole rings is 1. The maximum absolute atomic E-state index is 12.2. The number of amides is 1. The number of para-hydroxylation sites is 2. The fourth-order valence-corrected chi connectivity index (χ4v) is 2.33. The third-order valence-corrected chi connectivity index (χ3v) is 3.62. The highest BCUT2D eigenvalue weighted by Crippen LogP contribution is 2.11. The molecule has 2 aromatic rings. The quantitative estimate of drug-likeness (QED) is 0.812. The Morgan fingerprint density at radius 2 is 2.00 bits per heavy atom. The topological polar surface area (TPSA) is 76.3 Å². The van der Waals surface area contributed by atoms with Gasteiger partial charge < -0.3 is 10.4 Å². The van der Waals surface area contributed by atoms with Crippen molar-refractivity contribution in [3.05, 3.63) is 34.7 Å². The first kappa shape index (κ1) is 15.3. The summed E-state index contributed by atoms with van der Waals surface area (Å²) in [4.78, 5) is 24.2. The lowest BCUT2D eigenvalue weighted by Gasteiger charge is -2.11. The van der Waals surface area contributed by atoms with Crippen molar-refractivity contribution < 1.29 is 9.90 Å². The molecule has 6 nitrogen and oxygen atoms in total. The Hall–Kier alpha value is -2.08. The molecule has 1 heterocycles. The summed E-state index contributed by atoms with van der Waals surface area (Å²) >= 11 is 0. The molecule has 0 radical (unpaired) electrons. The Kier molecular flexibility index (Phi) is 4.80. The maximum atomic E-state index is 12.2. The van der Waals surface area contributed by atoms with Crippen LogP contribution in [0.25, 0.3) is 11.0 Å². The second-order valence-electron chi connectivity index (χ2n) is 5.34. The molecule has 0 bridgehead atoms. The molecule has 0 aliphatic rings. The van der Waals surface area contributed by atoms with Gasteiger partial charge in [0.25, 0.3) is 0 Å². The van der Waals surface area contributed by atoms with Gasteiger partial charge in [0.15, 0.2) is 0 Å². The van der Waals surface area contributed by atoms with Crippen molar-refractivity contribution in [1.82, 2.24) is 14.5 Å². The van der Waals surface area contributed by atoms with Crippen molar-refractivity contribution in [3.8, 4) is 0 Å². The molecule has 114 valence electrons. The molecule has 1 aromatic heterocycles. The minimum Gasteiger partial charge on any atom is -0.396 e. The summed E-state index contributed by atoms with van der Waals surface area (Å²) in [6, 6.07) is 7.40. The normalized spacial score (nSPS) is 12.5. The highest BCUT2D eigenvalue weighted by Gasteiger charge is 2.13. The second-order valence-corrected chi connectivity index (χ2v) is 5.34. The van der Waals surface area contributed by atoms with Gasteiger partial charge in [-0.2, -0.15) is 0 Å². The van der Waals surface area contributed by atoms with Gasteiger partial charge in [-0.15, -0.1) is 0 Å². The van der Waals surface area contributed by atoms with Crippen LogP contribution in [0.5, 0.6) is 0 Å². The predicted molar refractivity (Wildman–Crippen MR) is 81.1 cm³/mol. The number of aliphatic hydroxyl groups excluding tert-OH is 1. The van der Waals surface area contributed by atoms with Crippen LogP contribution in [0.15, 0.2) is 29.1 Å². The molecule has 0 fully saturated rings. The van der Waals surface area contributed by atoms with Gasteiger partial charge in [0.2, 0.25) is 5.91 Å². The smallest absolute Gasteiger partial charge is 0.329 e. The third-order valence-electron chi connectivity index (χ3n) is 3.62. The Morgan fingerprint density at radius 1 is 1.33 bits per heavy atom. The van der Waals surface area contributed by atoms with E-state index < -0.39 is 0 Å². The Bertz CT molecular complexity index is 687. The van der Waals surface area contributed by atoms with E-state index in [4.69, 9.17) is 5.11 Å². The highest BCUT2D eigenvalue weighted by atomic mass is 16.3. The van der Waals surface area contributed by atoms with Gasteiger partial charge in [0.05, 0.1) is 11.0 Å². The first-order valence-electron chi connectivity index (χ1n) is 7.06. The number of rotatable bonds is 6. The van der Waals surface area contributed by atoms with E-state index in [1.54, 1.807) is 7.05 Å². The molecule has 0 saturated heterocycles.